The lowest BCUT2D eigenvalue weighted by Crippen LogP contribution is -2.10. The first kappa shape index (κ1) is 33.3. The summed E-state index contributed by atoms with van der Waals surface area (Å²) in [6.07, 6.45) is 0.226. The summed E-state index contributed by atoms with van der Waals surface area (Å²) in [5, 5.41) is 5.83. The fourth-order valence-corrected chi connectivity index (χ4v) is 7.18. The van der Waals surface area contributed by atoms with Crippen molar-refractivity contribution in [3.63, 3.8) is 0 Å². The van der Waals surface area contributed by atoms with E-state index in [1.165, 1.54) is 18.2 Å². The molecule has 5 aromatic rings. The molecule has 0 saturated heterocycles. The van der Waals surface area contributed by atoms with E-state index in [0.29, 0.717) is 13.4 Å². The minimum absolute atomic E-state index is 0. The van der Waals surface area contributed by atoms with Crippen LogP contribution in [-0.4, -0.2) is 18.5 Å². The van der Waals surface area contributed by atoms with Crippen molar-refractivity contribution < 1.29 is 17.9 Å². The van der Waals surface area contributed by atoms with Gasteiger partial charge in [0.1, 0.15) is 17.5 Å². The van der Waals surface area contributed by atoms with Gasteiger partial charge in [0.25, 0.3) is 0 Å². The van der Waals surface area contributed by atoms with Crippen molar-refractivity contribution in [3.05, 3.63) is 96.2 Å². The number of thiophene rings is 2. The molecule has 1 atom stereocenters. The zero-order valence-electron chi connectivity index (χ0n) is 19.7. The molecule has 0 N–H and O–H groups in total. The Bertz CT molecular complexity index is 1420. The van der Waals surface area contributed by atoms with E-state index < -0.39 is 0 Å². The van der Waals surface area contributed by atoms with Crippen LogP contribution in [0.25, 0.3) is 20.2 Å². The molecule has 0 spiro atoms. The largest absolute Gasteiger partial charge is 0.378 e. The highest BCUT2D eigenvalue weighted by Crippen LogP contribution is 2.30. The fourth-order valence-electron chi connectivity index (χ4n) is 3.05. The van der Waals surface area contributed by atoms with E-state index in [0.717, 1.165) is 37.4 Å². The van der Waals surface area contributed by atoms with Crippen LogP contribution in [0.4, 0.5) is 13.2 Å². The zero-order chi connectivity index (χ0) is 26.9. The highest BCUT2D eigenvalue weighted by atomic mass is 79.9. The third-order valence-corrected chi connectivity index (χ3v) is 9.85. The Hall–Kier alpha value is -0.880. The standard InChI is InChI=1S/C11H14BrFOS.2C8H4BrFS.CH4/c1-3-14-8(2)7-15-9-4-5-11(13)10(12)6-9;9-6-4-8-5(1-2-11-8)3-7(6)10;9-8-5-3-4-11-7(5)2-1-6(8)10;/h4-6,8H,3,7H2,1-2H3;2*1-4H;1H4. The van der Waals surface area contributed by atoms with E-state index in [-0.39, 0.29) is 31.0 Å². The molecule has 0 radical (unpaired) electrons. The monoisotopic (exact) mass is 768 g/mol. The van der Waals surface area contributed by atoms with E-state index in [9.17, 15) is 13.2 Å². The van der Waals surface area contributed by atoms with E-state index in [1.54, 1.807) is 58.7 Å². The average Bonchev–Trinajstić information content (AvgIpc) is 3.53. The highest BCUT2D eigenvalue weighted by Gasteiger charge is 2.05. The number of hydrogen-bond acceptors (Lipinski definition) is 4. The summed E-state index contributed by atoms with van der Waals surface area (Å²) in [4.78, 5) is 1.05. The van der Waals surface area contributed by atoms with Crippen LogP contribution in [0.1, 0.15) is 21.3 Å². The molecule has 1 unspecified atom stereocenters. The Balaban J connectivity index is 0.000000200. The normalized spacial score (nSPS) is 11.3. The van der Waals surface area contributed by atoms with Crippen molar-refractivity contribution in [2.24, 2.45) is 0 Å². The van der Waals surface area contributed by atoms with Gasteiger partial charge in [-0.2, -0.15) is 0 Å². The smallest absolute Gasteiger partial charge is 0.138 e. The summed E-state index contributed by atoms with van der Waals surface area (Å²) < 4.78 is 47.9. The van der Waals surface area contributed by atoms with Crippen molar-refractivity contribution >= 4 is 102 Å². The lowest BCUT2D eigenvalue weighted by atomic mass is 10.3. The summed E-state index contributed by atoms with van der Waals surface area (Å²) in [5.74, 6) is 0.260. The Kier molecular flexibility index (Phi) is 14.4. The molecule has 2 aromatic heterocycles. The van der Waals surface area contributed by atoms with Gasteiger partial charge in [-0.25, -0.2) is 13.2 Å². The quantitative estimate of drug-likeness (QED) is 0.165. The van der Waals surface area contributed by atoms with Crippen LogP contribution in [0.2, 0.25) is 0 Å². The van der Waals surface area contributed by atoms with Crippen LogP contribution in [-0.2, 0) is 4.74 Å². The molecular formula is C28H26Br3F3OS3. The third kappa shape index (κ3) is 9.64. The van der Waals surface area contributed by atoms with Crippen LogP contribution in [0.3, 0.4) is 0 Å². The maximum Gasteiger partial charge on any atom is 0.138 e. The summed E-state index contributed by atoms with van der Waals surface area (Å²) in [5.41, 5.74) is 0. The maximum atomic E-state index is 12.9. The predicted octanol–water partition coefficient (Wildman–Crippen LogP) is 12.3. The Labute approximate surface area is 259 Å². The second-order valence-electron chi connectivity index (χ2n) is 7.57. The van der Waals surface area contributed by atoms with Gasteiger partial charge in [-0.1, -0.05) is 7.43 Å². The molecule has 10 heteroatoms. The van der Waals surface area contributed by atoms with Crippen molar-refractivity contribution in [1.29, 1.82) is 0 Å². The third-order valence-electron chi connectivity index (χ3n) is 4.84. The highest BCUT2D eigenvalue weighted by molar-refractivity contribution is 9.11. The summed E-state index contributed by atoms with van der Waals surface area (Å²) in [7, 11) is 0. The molecule has 1 nitrogen and oxygen atoms in total. The van der Waals surface area contributed by atoms with Crippen molar-refractivity contribution in [1.82, 2.24) is 0 Å². The van der Waals surface area contributed by atoms with Gasteiger partial charge >= 0.3 is 0 Å². The molecule has 0 bridgehead atoms. The van der Waals surface area contributed by atoms with Crippen molar-refractivity contribution in [2.45, 2.75) is 32.3 Å². The number of fused-ring (bicyclic) bond motifs is 2. The van der Waals surface area contributed by atoms with E-state index in [1.807, 2.05) is 36.7 Å². The topological polar surface area (TPSA) is 9.23 Å². The molecule has 0 aliphatic rings. The minimum Gasteiger partial charge on any atom is -0.378 e. The number of rotatable bonds is 5. The van der Waals surface area contributed by atoms with Crippen LogP contribution >= 0.6 is 82.2 Å². The Morgan fingerprint density at radius 1 is 0.816 bits per heavy atom. The molecule has 0 aliphatic carbocycles. The molecular weight excluding hydrogens is 745 g/mol. The van der Waals surface area contributed by atoms with E-state index in [4.69, 9.17) is 4.74 Å². The SMILES string of the molecule is C.CCOC(C)CSc1ccc(F)c(Br)c1.Fc1cc2ccsc2cc1Br.Fc1ccc2sccc2c1Br. The van der Waals surface area contributed by atoms with Gasteiger partial charge in [0, 0.05) is 32.0 Å². The van der Waals surface area contributed by atoms with E-state index >= 15 is 0 Å². The Morgan fingerprint density at radius 2 is 1.47 bits per heavy atom. The van der Waals surface area contributed by atoms with Crippen LogP contribution < -0.4 is 0 Å². The summed E-state index contributed by atoms with van der Waals surface area (Å²) in [6, 6.07) is 15.5. The molecule has 0 amide bonds. The number of thioether (sulfide) groups is 1. The summed E-state index contributed by atoms with van der Waals surface area (Å²) >= 11 is 14.4. The van der Waals surface area contributed by atoms with Crippen LogP contribution in [0.5, 0.6) is 0 Å². The number of ether oxygens (including phenoxy) is 1. The first-order valence-corrected chi connectivity index (χ1v) is 16.1. The zero-order valence-corrected chi connectivity index (χ0v) is 27.0. The molecule has 3 aromatic carbocycles. The van der Waals surface area contributed by atoms with Crippen molar-refractivity contribution in [3.8, 4) is 0 Å². The first-order chi connectivity index (χ1) is 17.7. The lowest BCUT2D eigenvalue weighted by molar-refractivity contribution is 0.0932. The second-order valence-corrected chi connectivity index (χ2v) is 13.1. The lowest BCUT2D eigenvalue weighted by Gasteiger charge is -2.10. The summed E-state index contributed by atoms with van der Waals surface area (Å²) in [6.45, 7) is 4.75. The molecule has 5 rings (SSSR count). The Morgan fingerprint density at radius 3 is 2.18 bits per heavy atom. The van der Waals surface area contributed by atoms with Gasteiger partial charge in [-0.15, -0.1) is 34.4 Å². The second kappa shape index (κ2) is 16.4. The van der Waals surface area contributed by atoms with Crippen molar-refractivity contribution in [2.75, 3.05) is 12.4 Å². The minimum atomic E-state index is -0.225. The predicted molar refractivity (Wildman–Crippen MR) is 172 cm³/mol. The first-order valence-electron chi connectivity index (χ1n) is 11.0. The van der Waals surface area contributed by atoms with Crippen LogP contribution in [0.15, 0.2) is 83.7 Å². The van der Waals surface area contributed by atoms with Gasteiger partial charge in [0.05, 0.1) is 19.5 Å². The van der Waals surface area contributed by atoms with E-state index in [2.05, 4.69) is 47.8 Å². The number of hydrogen-bond donors (Lipinski definition) is 0. The van der Waals surface area contributed by atoms with Gasteiger partial charge in [0.15, 0.2) is 0 Å². The maximum absolute atomic E-state index is 12.9. The van der Waals surface area contributed by atoms with Gasteiger partial charge < -0.3 is 4.74 Å². The number of halogens is 6. The number of benzene rings is 3. The molecule has 2 heterocycles. The van der Waals surface area contributed by atoms with Gasteiger partial charge in [0.2, 0.25) is 0 Å². The fraction of sp³-hybridized carbons (Fsp3) is 0.214. The molecule has 0 saturated carbocycles. The molecule has 38 heavy (non-hydrogen) atoms. The van der Waals surface area contributed by atoms with Crippen LogP contribution in [0, 0.1) is 17.5 Å². The van der Waals surface area contributed by atoms with Gasteiger partial charge in [-0.05, 0) is 132 Å². The van der Waals surface area contributed by atoms with Gasteiger partial charge in [-0.3, -0.25) is 0 Å². The average molecular weight is 771 g/mol. The molecule has 204 valence electrons. The molecule has 0 aliphatic heterocycles. The molecule has 0 fully saturated rings.